The minimum absolute atomic E-state index is 0.0862. The van der Waals surface area contributed by atoms with Gasteiger partial charge in [0.25, 0.3) is 0 Å². The second-order valence-electron chi connectivity index (χ2n) is 2.99. The molecule has 6 heteroatoms. The van der Waals surface area contributed by atoms with Gasteiger partial charge in [-0.05, 0) is 24.6 Å². The first kappa shape index (κ1) is 11.1. The zero-order valence-corrected chi connectivity index (χ0v) is 9.28. The van der Waals surface area contributed by atoms with Crippen molar-refractivity contribution in [3.63, 3.8) is 0 Å². The van der Waals surface area contributed by atoms with Gasteiger partial charge in [-0.25, -0.2) is 8.42 Å². The fraction of sp³-hybridized carbons (Fsp3) is 0.250. The molecule has 0 bridgehead atoms. The van der Waals surface area contributed by atoms with E-state index in [9.17, 15) is 13.5 Å². The Labute approximate surface area is 87.6 Å². The zero-order valence-electron chi connectivity index (χ0n) is 7.70. The van der Waals surface area contributed by atoms with E-state index in [1.807, 2.05) is 0 Å². The number of aromatic hydroxyl groups is 1. The van der Waals surface area contributed by atoms with Crippen LogP contribution in [-0.4, -0.2) is 19.8 Å². The lowest BCUT2D eigenvalue weighted by atomic mass is 10.2. The molecule has 0 aliphatic carbocycles. The number of sulfonamides is 1. The summed E-state index contributed by atoms with van der Waals surface area (Å²) in [5, 5.41) is 9.79. The third kappa shape index (κ3) is 2.78. The molecule has 0 heterocycles. The lowest BCUT2D eigenvalue weighted by Gasteiger charge is -2.08. The molecule has 0 amide bonds. The van der Waals surface area contributed by atoms with Gasteiger partial charge in [-0.2, -0.15) is 0 Å². The Hall–Kier alpha value is -0.940. The molecule has 14 heavy (non-hydrogen) atoms. The smallest absolute Gasteiger partial charge is 0.229 e. The standard InChI is InChI=1S/C8H10ClNO3S/c1-5-3-8(11)7(4-6(5)9)10-14(2,12)13/h3-4,10-11H,1-2H3. The van der Waals surface area contributed by atoms with Crippen LogP contribution in [0, 0.1) is 6.92 Å². The highest BCUT2D eigenvalue weighted by Crippen LogP contribution is 2.30. The van der Waals surface area contributed by atoms with Crippen LogP contribution in [0.4, 0.5) is 5.69 Å². The number of benzene rings is 1. The van der Waals surface area contributed by atoms with E-state index < -0.39 is 10.0 Å². The number of phenols is 1. The molecular formula is C8H10ClNO3S. The summed E-state index contributed by atoms with van der Waals surface area (Å²) in [4.78, 5) is 0. The molecule has 4 nitrogen and oxygen atoms in total. The average Bonchev–Trinajstić information content (AvgIpc) is 1.97. The first-order chi connectivity index (χ1) is 6.29. The van der Waals surface area contributed by atoms with E-state index in [4.69, 9.17) is 11.6 Å². The van der Waals surface area contributed by atoms with Crippen LogP contribution in [0.15, 0.2) is 12.1 Å². The maximum Gasteiger partial charge on any atom is 0.229 e. The van der Waals surface area contributed by atoms with Crippen molar-refractivity contribution >= 4 is 27.3 Å². The van der Waals surface area contributed by atoms with E-state index in [0.29, 0.717) is 10.6 Å². The number of hydrogen-bond donors (Lipinski definition) is 2. The molecule has 0 atom stereocenters. The van der Waals surface area contributed by atoms with Crippen LogP contribution in [0.5, 0.6) is 5.75 Å². The van der Waals surface area contributed by atoms with Crippen molar-refractivity contribution in [2.45, 2.75) is 6.92 Å². The third-order valence-corrected chi connectivity index (χ3v) is 2.57. The molecule has 0 aliphatic rings. The second kappa shape index (κ2) is 3.67. The first-order valence-electron chi connectivity index (χ1n) is 3.76. The Bertz CT molecular complexity index is 456. The van der Waals surface area contributed by atoms with Crippen LogP contribution in [-0.2, 0) is 10.0 Å². The van der Waals surface area contributed by atoms with Crippen LogP contribution in [0.25, 0.3) is 0 Å². The Kier molecular flexibility index (Phi) is 2.92. The predicted octanol–water partition coefficient (Wildman–Crippen LogP) is 1.73. The van der Waals surface area contributed by atoms with Gasteiger partial charge in [0.2, 0.25) is 10.0 Å². The van der Waals surface area contributed by atoms with Crippen LogP contribution < -0.4 is 4.72 Å². The van der Waals surface area contributed by atoms with Crippen molar-refractivity contribution in [3.05, 3.63) is 22.7 Å². The number of anilines is 1. The highest BCUT2D eigenvalue weighted by atomic mass is 35.5. The van der Waals surface area contributed by atoms with E-state index in [-0.39, 0.29) is 11.4 Å². The van der Waals surface area contributed by atoms with Crippen LogP contribution in [0.2, 0.25) is 5.02 Å². The Balaban J connectivity index is 3.17. The molecule has 0 aliphatic heterocycles. The van der Waals surface area contributed by atoms with Gasteiger partial charge in [0.05, 0.1) is 11.9 Å². The number of hydrogen-bond acceptors (Lipinski definition) is 3. The average molecular weight is 236 g/mol. The zero-order chi connectivity index (χ0) is 10.9. The van der Waals surface area contributed by atoms with Gasteiger partial charge in [-0.1, -0.05) is 11.6 Å². The van der Waals surface area contributed by atoms with Crippen molar-refractivity contribution in [1.29, 1.82) is 0 Å². The third-order valence-electron chi connectivity index (χ3n) is 1.57. The lowest BCUT2D eigenvalue weighted by molar-refractivity contribution is 0.477. The van der Waals surface area contributed by atoms with Gasteiger partial charge in [-0.15, -0.1) is 0 Å². The van der Waals surface area contributed by atoms with Gasteiger partial charge in [0.1, 0.15) is 5.75 Å². The minimum atomic E-state index is -3.40. The van der Waals surface area contributed by atoms with Crippen molar-refractivity contribution < 1.29 is 13.5 Å². The summed E-state index contributed by atoms with van der Waals surface area (Å²) in [6.45, 7) is 1.71. The van der Waals surface area contributed by atoms with Gasteiger partial charge < -0.3 is 5.11 Å². The first-order valence-corrected chi connectivity index (χ1v) is 6.03. The molecule has 0 unspecified atom stereocenters. The minimum Gasteiger partial charge on any atom is -0.506 e. The molecule has 78 valence electrons. The monoisotopic (exact) mass is 235 g/mol. The van der Waals surface area contributed by atoms with Gasteiger partial charge in [-0.3, -0.25) is 4.72 Å². The maximum atomic E-state index is 10.9. The van der Waals surface area contributed by atoms with Gasteiger partial charge >= 0.3 is 0 Å². The maximum absolute atomic E-state index is 10.9. The number of phenolic OH excluding ortho intramolecular Hbond substituents is 1. The Morgan fingerprint density at radius 3 is 2.50 bits per heavy atom. The van der Waals surface area contributed by atoms with Crippen molar-refractivity contribution in [3.8, 4) is 5.75 Å². The summed E-state index contributed by atoms with van der Waals surface area (Å²) in [6, 6.07) is 2.77. The normalized spacial score (nSPS) is 11.4. The second-order valence-corrected chi connectivity index (χ2v) is 5.15. The highest BCUT2D eigenvalue weighted by molar-refractivity contribution is 7.92. The highest BCUT2D eigenvalue weighted by Gasteiger charge is 2.09. The predicted molar refractivity (Wildman–Crippen MR) is 56.3 cm³/mol. The fourth-order valence-corrected chi connectivity index (χ4v) is 1.67. The van der Waals surface area contributed by atoms with Crippen molar-refractivity contribution in [1.82, 2.24) is 0 Å². The fourth-order valence-electron chi connectivity index (χ4n) is 0.948. The topological polar surface area (TPSA) is 66.4 Å². The van der Waals surface area contributed by atoms with E-state index in [1.165, 1.54) is 12.1 Å². The molecule has 1 aromatic rings. The summed E-state index contributed by atoms with van der Waals surface area (Å²) in [5.41, 5.74) is 0.770. The molecule has 1 aromatic carbocycles. The van der Waals surface area contributed by atoms with Crippen LogP contribution in [0.1, 0.15) is 5.56 Å². The van der Waals surface area contributed by atoms with Crippen LogP contribution >= 0.6 is 11.6 Å². The summed E-state index contributed by atoms with van der Waals surface area (Å²) in [7, 11) is -3.40. The van der Waals surface area contributed by atoms with Crippen LogP contribution in [0.3, 0.4) is 0 Å². The molecular weight excluding hydrogens is 226 g/mol. The van der Waals surface area contributed by atoms with Gasteiger partial charge in [0.15, 0.2) is 0 Å². The summed E-state index contributed by atoms with van der Waals surface area (Å²) in [6.07, 6.45) is 1.00. The van der Waals surface area contributed by atoms with E-state index in [0.717, 1.165) is 6.26 Å². The molecule has 0 saturated heterocycles. The Morgan fingerprint density at radius 1 is 1.43 bits per heavy atom. The summed E-state index contributed by atoms with van der Waals surface area (Å²) in [5.74, 6) is -0.141. The molecule has 0 spiro atoms. The number of halogens is 1. The Morgan fingerprint density at radius 2 is 2.00 bits per heavy atom. The van der Waals surface area contributed by atoms with Crippen molar-refractivity contribution in [2.75, 3.05) is 11.0 Å². The number of nitrogens with one attached hydrogen (secondary N) is 1. The summed E-state index contributed by atoms with van der Waals surface area (Å²) >= 11 is 5.77. The quantitative estimate of drug-likeness (QED) is 0.768. The molecule has 0 radical (unpaired) electrons. The molecule has 0 saturated carbocycles. The summed E-state index contributed by atoms with van der Waals surface area (Å²) < 4.78 is 23.9. The molecule has 0 fully saturated rings. The van der Waals surface area contributed by atoms with Gasteiger partial charge in [0, 0.05) is 5.02 Å². The van der Waals surface area contributed by atoms with Crippen molar-refractivity contribution in [2.24, 2.45) is 0 Å². The molecule has 1 rings (SSSR count). The van der Waals surface area contributed by atoms with E-state index in [2.05, 4.69) is 4.72 Å². The molecule has 2 N–H and O–H groups in total. The number of rotatable bonds is 2. The van der Waals surface area contributed by atoms with E-state index >= 15 is 0 Å². The largest absolute Gasteiger partial charge is 0.506 e. The lowest BCUT2D eigenvalue weighted by Crippen LogP contribution is -2.09. The van der Waals surface area contributed by atoms with E-state index in [1.54, 1.807) is 6.92 Å². The molecule has 0 aromatic heterocycles. The number of aryl methyl sites for hydroxylation is 1. The SMILES string of the molecule is Cc1cc(O)c(NS(C)(=O)=O)cc1Cl.